The van der Waals surface area contributed by atoms with Crippen LogP contribution in [0, 0.1) is 5.92 Å². The highest BCUT2D eigenvalue weighted by Crippen LogP contribution is 2.36. The number of halogens is 2. The fourth-order valence-corrected chi connectivity index (χ4v) is 3.52. The molecule has 8 heteroatoms. The van der Waals surface area contributed by atoms with Crippen molar-refractivity contribution in [2.24, 2.45) is 11.7 Å². The number of hydrogen-bond acceptors (Lipinski definition) is 5. The molecule has 2 N–H and O–H groups in total. The molecule has 0 bridgehead atoms. The van der Waals surface area contributed by atoms with Gasteiger partial charge in [0.25, 0.3) is 5.91 Å². The number of ether oxygens (including phenoxy) is 1. The Balaban J connectivity index is 2.08. The number of nitrogens with zero attached hydrogens (tertiary/aromatic N) is 3. The van der Waals surface area contributed by atoms with Gasteiger partial charge in [-0.2, -0.15) is 0 Å². The Morgan fingerprint density at radius 1 is 1.25 bits per heavy atom. The van der Waals surface area contributed by atoms with Gasteiger partial charge in [-0.25, -0.2) is 15.0 Å². The van der Waals surface area contributed by atoms with Gasteiger partial charge in [-0.05, 0) is 70.0 Å². The molecular weight excluding hydrogens is 440 g/mol. The van der Waals surface area contributed by atoms with Crippen LogP contribution < -0.4 is 10.5 Å². The number of primary amides is 1. The lowest BCUT2D eigenvalue weighted by molar-refractivity contribution is 0.0995. The maximum atomic E-state index is 11.8. The van der Waals surface area contributed by atoms with E-state index in [1.165, 1.54) is 12.8 Å². The molecule has 0 spiro atoms. The second-order valence-corrected chi connectivity index (χ2v) is 7.09. The van der Waals surface area contributed by atoms with Crippen LogP contribution in [0.4, 0.5) is 0 Å². The lowest BCUT2D eigenvalue weighted by atomic mass is 10.1. The van der Waals surface area contributed by atoms with E-state index >= 15 is 0 Å². The van der Waals surface area contributed by atoms with E-state index in [1.807, 2.05) is 6.92 Å². The first-order valence-electron chi connectivity index (χ1n) is 7.65. The predicted octanol–water partition coefficient (Wildman–Crippen LogP) is 3.51. The Labute approximate surface area is 156 Å². The van der Waals surface area contributed by atoms with Gasteiger partial charge in [0, 0.05) is 11.6 Å². The minimum absolute atomic E-state index is 0.121. The third kappa shape index (κ3) is 3.75. The molecule has 6 nitrogen and oxygen atoms in total. The van der Waals surface area contributed by atoms with Crippen molar-refractivity contribution in [2.75, 3.05) is 6.61 Å². The van der Waals surface area contributed by atoms with E-state index < -0.39 is 5.91 Å². The molecular formula is C16H16Br2N4O2. The molecule has 0 aromatic carbocycles. The summed E-state index contributed by atoms with van der Waals surface area (Å²) in [5.74, 6) is 0.389. The summed E-state index contributed by atoms with van der Waals surface area (Å²) in [5, 5.41) is 0. The van der Waals surface area contributed by atoms with Crippen molar-refractivity contribution in [2.45, 2.75) is 26.2 Å². The fourth-order valence-electron chi connectivity index (χ4n) is 2.38. The molecule has 1 aliphatic rings. The van der Waals surface area contributed by atoms with E-state index in [0.29, 0.717) is 38.9 Å². The van der Waals surface area contributed by atoms with Gasteiger partial charge in [-0.3, -0.25) is 4.79 Å². The van der Waals surface area contributed by atoms with Crippen molar-refractivity contribution >= 4 is 37.8 Å². The predicted molar refractivity (Wildman–Crippen MR) is 96.8 cm³/mol. The molecule has 0 atom stereocenters. The maximum Gasteiger partial charge on any atom is 0.268 e. The van der Waals surface area contributed by atoms with Gasteiger partial charge in [0.05, 0.1) is 12.3 Å². The summed E-state index contributed by atoms with van der Waals surface area (Å²) in [7, 11) is 0. The van der Waals surface area contributed by atoms with Crippen molar-refractivity contribution in [3.63, 3.8) is 0 Å². The number of amides is 1. The fraction of sp³-hybridized carbons (Fsp3) is 0.375. The normalized spacial score (nSPS) is 13.8. The molecule has 24 heavy (non-hydrogen) atoms. The van der Waals surface area contributed by atoms with E-state index in [2.05, 4.69) is 41.8 Å². The average Bonchev–Trinajstić information content (AvgIpc) is 3.34. The Morgan fingerprint density at radius 2 is 2.00 bits per heavy atom. The van der Waals surface area contributed by atoms with Crippen LogP contribution in [0.2, 0.25) is 0 Å². The highest BCUT2D eigenvalue weighted by Gasteiger charge is 2.25. The van der Waals surface area contributed by atoms with Crippen molar-refractivity contribution < 1.29 is 9.53 Å². The lowest BCUT2D eigenvalue weighted by Gasteiger charge is -2.12. The Hall–Kier alpha value is -1.54. The molecule has 1 amide bonds. The average molecular weight is 456 g/mol. The number of rotatable bonds is 6. The molecule has 1 aliphatic carbocycles. The summed E-state index contributed by atoms with van der Waals surface area (Å²) in [6, 6.07) is 3.43. The van der Waals surface area contributed by atoms with E-state index in [0.717, 1.165) is 12.1 Å². The first kappa shape index (κ1) is 17.3. The third-order valence-corrected chi connectivity index (χ3v) is 4.89. The molecule has 126 valence electrons. The zero-order valence-electron chi connectivity index (χ0n) is 13.1. The SMILES string of the molecule is CCOc1ccc(-c2nc(CC3CC3)c(Br)nc2Br)c(C(N)=O)n1. The van der Waals surface area contributed by atoms with E-state index in [1.54, 1.807) is 12.1 Å². The van der Waals surface area contributed by atoms with Crippen LogP contribution in [-0.2, 0) is 6.42 Å². The zero-order chi connectivity index (χ0) is 17.3. The van der Waals surface area contributed by atoms with Crippen LogP contribution in [-0.4, -0.2) is 27.5 Å². The zero-order valence-corrected chi connectivity index (χ0v) is 16.2. The smallest absolute Gasteiger partial charge is 0.268 e. The number of aromatic nitrogens is 3. The van der Waals surface area contributed by atoms with Crippen molar-refractivity contribution in [3.8, 4) is 17.1 Å². The maximum absolute atomic E-state index is 11.8. The van der Waals surface area contributed by atoms with Gasteiger partial charge >= 0.3 is 0 Å². The molecule has 3 rings (SSSR count). The molecule has 2 aromatic heterocycles. The van der Waals surface area contributed by atoms with Gasteiger partial charge in [0.1, 0.15) is 20.6 Å². The van der Waals surface area contributed by atoms with Gasteiger partial charge < -0.3 is 10.5 Å². The van der Waals surface area contributed by atoms with E-state index in [4.69, 9.17) is 15.5 Å². The largest absolute Gasteiger partial charge is 0.478 e. The van der Waals surface area contributed by atoms with Gasteiger partial charge in [-0.1, -0.05) is 0 Å². The molecule has 1 saturated carbocycles. The van der Waals surface area contributed by atoms with Crippen molar-refractivity contribution in [1.82, 2.24) is 15.0 Å². The molecule has 0 aliphatic heterocycles. The van der Waals surface area contributed by atoms with Crippen LogP contribution in [0.1, 0.15) is 35.9 Å². The Morgan fingerprint density at radius 3 is 2.62 bits per heavy atom. The van der Waals surface area contributed by atoms with Gasteiger partial charge in [0.2, 0.25) is 5.88 Å². The van der Waals surface area contributed by atoms with Crippen LogP contribution >= 0.6 is 31.9 Å². The standard InChI is InChI=1S/C16H16Br2N4O2/c1-2-24-11-6-5-9(13(21-11)16(19)23)12-15(18)22-14(17)10(20-12)7-8-3-4-8/h5-6,8H,2-4,7H2,1H3,(H2,19,23). The molecule has 0 unspecified atom stereocenters. The summed E-state index contributed by atoms with van der Waals surface area (Å²) in [6.07, 6.45) is 3.30. The van der Waals surface area contributed by atoms with Gasteiger partial charge in [0.15, 0.2) is 0 Å². The Kier molecular flexibility index (Phi) is 5.15. The first-order valence-corrected chi connectivity index (χ1v) is 9.24. The minimum Gasteiger partial charge on any atom is -0.478 e. The van der Waals surface area contributed by atoms with Crippen molar-refractivity contribution in [3.05, 3.63) is 32.7 Å². The monoisotopic (exact) mass is 454 g/mol. The topological polar surface area (TPSA) is 91.0 Å². The minimum atomic E-state index is -0.632. The second-order valence-electron chi connectivity index (χ2n) is 5.59. The Bertz CT molecular complexity index is 794. The number of nitrogens with two attached hydrogens (primary N) is 1. The van der Waals surface area contributed by atoms with Crippen LogP contribution in [0.3, 0.4) is 0 Å². The number of hydrogen-bond donors (Lipinski definition) is 1. The molecule has 1 fully saturated rings. The number of carbonyl (C=O) groups is 1. The quantitative estimate of drug-likeness (QED) is 0.719. The summed E-state index contributed by atoms with van der Waals surface area (Å²) < 4.78 is 6.59. The lowest BCUT2D eigenvalue weighted by Crippen LogP contribution is -2.16. The van der Waals surface area contributed by atoms with Gasteiger partial charge in [-0.15, -0.1) is 0 Å². The second kappa shape index (κ2) is 7.14. The van der Waals surface area contributed by atoms with E-state index in [-0.39, 0.29) is 5.69 Å². The van der Waals surface area contributed by atoms with Crippen LogP contribution in [0.5, 0.6) is 5.88 Å². The molecule has 2 heterocycles. The van der Waals surface area contributed by atoms with Crippen LogP contribution in [0.15, 0.2) is 21.3 Å². The summed E-state index contributed by atoms with van der Waals surface area (Å²) in [4.78, 5) is 25.2. The van der Waals surface area contributed by atoms with Crippen molar-refractivity contribution in [1.29, 1.82) is 0 Å². The van der Waals surface area contributed by atoms with Crippen LogP contribution in [0.25, 0.3) is 11.3 Å². The summed E-state index contributed by atoms with van der Waals surface area (Å²) in [5.41, 5.74) is 7.58. The molecule has 2 aromatic rings. The van der Waals surface area contributed by atoms with E-state index in [9.17, 15) is 4.79 Å². The summed E-state index contributed by atoms with van der Waals surface area (Å²) >= 11 is 6.88. The number of carbonyl (C=O) groups excluding carboxylic acids is 1. The third-order valence-electron chi connectivity index (χ3n) is 3.71. The highest BCUT2D eigenvalue weighted by molar-refractivity contribution is 9.11. The summed E-state index contributed by atoms with van der Waals surface area (Å²) in [6.45, 7) is 2.30. The number of pyridine rings is 1. The first-order chi connectivity index (χ1) is 11.5. The molecule has 0 radical (unpaired) electrons. The molecule has 0 saturated heterocycles. The highest BCUT2D eigenvalue weighted by atomic mass is 79.9.